The summed E-state index contributed by atoms with van der Waals surface area (Å²) in [7, 11) is 3.80. The lowest BCUT2D eigenvalue weighted by Crippen LogP contribution is -2.30. The fraction of sp³-hybridized carbons (Fsp3) is 0.421. The number of carbonyl (C=O) groups is 1. The Balaban J connectivity index is 1.58. The second kappa shape index (κ2) is 7.68. The van der Waals surface area contributed by atoms with E-state index in [2.05, 4.69) is 15.3 Å². The number of carbonyl (C=O) groups excluding carboxylic acids is 1. The zero-order valence-corrected chi connectivity index (χ0v) is 15.4. The van der Waals surface area contributed by atoms with E-state index in [-0.39, 0.29) is 17.8 Å². The molecule has 1 aromatic carbocycles. The van der Waals surface area contributed by atoms with Crippen molar-refractivity contribution in [1.82, 2.24) is 14.9 Å². The Morgan fingerprint density at radius 1 is 1.27 bits per heavy atom. The van der Waals surface area contributed by atoms with Gasteiger partial charge in [0.15, 0.2) is 0 Å². The van der Waals surface area contributed by atoms with Gasteiger partial charge in [0.1, 0.15) is 11.6 Å². The van der Waals surface area contributed by atoms with Crippen LogP contribution in [0, 0.1) is 12.7 Å². The van der Waals surface area contributed by atoms with Crippen LogP contribution in [0.2, 0.25) is 0 Å². The van der Waals surface area contributed by atoms with Crippen LogP contribution in [-0.2, 0) is 11.2 Å². The number of rotatable bonds is 6. The van der Waals surface area contributed by atoms with E-state index in [1.165, 1.54) is 12.1 Å². The minimum Gasteiger partial charge on any atom is -0.365 e. The van der Waals surface area contributed by atoms with Gasteiger partial charge < -0.3 is 15.1 Å². The molecule has 1 N–H and O–H groups in total. The minimum atomic E-state index is -0.243. The molecule has 1 unspecified atom stereocenters. The lowest BCUT2D eigenvalue weighted by Gasteiger charge is -2.18. The van der Waals surface area contributed by atoms with Gasteiger partial charge in [-0.1, -0.05) is 12.1 Å². The molecular weight excluding hydrogens is 333 g/mol. The molecule has 1 aromatic heterocycles. The van der Waals surface area contributed by atoms with Crippen molar-refractivity contribution in [2.75, 3.05) is 37.4 Å². The van der Waals surface area contributed by atoms with Gasteiger partial charge >= 0.3 is 0 Å². The van der Waals surface area contributed by atoms with Gasteiger partial charge in [0.05, 0.1) is 6.04 Å². The monoisotopic (exact) mass is 357 g/mol. The Labute approximate surface area is 153 Å². The van der Waals surface area contributed by atoms with E-state index in [0.29, 0.717) is 25.5 Å². The van der Waals surface area contributed by atoms with Crippen molar-refractivity contribution < 1.29 is 9.18 Å². The maximum absolute atomic E-state index is 13.0. The SMILES string of the molecule is Cc1cc(NC2CC(=O)N(CCc3ccc(F)cc3)C2)nc(N(C)C)n1. The highest BCUT2D eigenvalue weighted by Crippen LogP contribution is 2.18. The molecule has 0 saturated carbocycles. The van der Waals surface area contributed by atoms with Crippen LogP contribution in [0.15, 0.2) is 30.3 Å². The van der Waals surface area contributed by atoms with Crippen molar-refractivity contribution in [3.63, 3.8) is 0 Å². The number of benzene rings is 1. The van der Waals surface area contributed by atoms with E-state index < -0.39 is 0 Å². The Morgan fingerprint density at radius 3 is 2.69 bits per heavy atom. The molecule has 26 heavy (non-hydrogen) atoms. The van der Waals surface area contributed by atoms with Gasteiger partial charge in [-0.2, -0.15) is 4.98 Å². The van der Waals surface area contributed by atoms with E-state index in [4.69, 9.17) is 0 Å². The summed E-state index contributed by atoms with van der Waals surface area (Å²) in [6.45, 7) is 3.20. The van der Waals surface area contributed by atoms with Crippen molar-refractivity contribution >= 4 is 17.7 Å². The highest BCUT2D eigenvalue weighted by atomic mass is 19.1. The largest absolute Gasteiger partial charge is 0.365 e. The van der Waals surface area contributed by atoms with E-state index in [0.717, 1.165) is 23.5 Å². The fourth-order valence-corrected chi connectivity index (χ4v) is 3.04. The summed E-state index contributed by atoms with van der Waals surface area (Å²) in [5, 5.41) is 3.35. The molecule has 1 aliphatic rings. The van der Waals surface area contributed by atoms with Gasteiger partial charge in [0, 0.05) is 45.4 Å². The number of nitrogens with one attached hydrogen (secondary N) is 1. The van der Waals surface area contributed by atoms with Gasteiger partial charge in [0.25, 0.3) is 0 Å². The Hall–Kier alpha value is -2.70. The molecule has 0 aliphatic carbocycles. The predicted octanol–water partition coefficient (Wildman–Crippen LogP) is 2.25. The highest BCUT2D eigenvalue weighted by molar-refractivity contribution is 5.80. The fourth-order valence-electron chi connectivity index (χ4n) is 3.04. The number of anilines is 2. The number of aromatic nitrogens is 2. The van der Waals surface area contributed by atoms with Crippen LogP contribution in [0.25, 0.3) is 0 Å². The van der Waals surface area contributed by atoms with Crippen LogP contribution in [0.5, 0.6) is 0 Å². The number of likely N-dealkylation sites (tertiary alicyclic amines) is 1. The second-order valence-corrected chi connectivity index (χ2v) is 6.85. The molecule has 0 radical (unpaired) electrons. The van der Waals surface area contributed by atoms with E-state index in [1.54, 1.807) is 12.1 Å². The number of aryl methyl sites for hydroxylation is 1. The normalized spacial score (nSPS) is 16.8. The first kappa shape index (κ1) is 18.1. The van der Waals surface area contributed by atoms with Crippen LogP contribution < -0.4 is 10.2 Å². The van der Waals surface area contributed by atoms with Gasteiger partial charge in [0.2, 0.25) is 11.9 Å². The quantitative estimate of drug-likeness (QED) is 0.859. The lowest BCUT2D eigenvalue weighted by atomic mass is 10.1. The summed E-state index contributed by atoms with van der Waals surface area (Å²) in [4.78, 5) is 24.8. The molecule has 0 spiro atoms. The van der Waals surface area contributed by atoms with E-state index in [9.17, 15) is 9.18 Å². The van der Waals surface area contributed by atoms with Gasteiger partial charge in [-0.15, -0.1) is 0 Å². The maximum atomic E-state index is 13.0. The molecule has 1 saturated heterocycles. The third-order valence-electron chi connectivity index (χ3n) is 4.39. The maximum Gasteiger partial charge on any atom is 0.226 e. The molecule has 1 amide bonds. The molecule has 1 aliphatic heterocycles. The molecule has 1 atom stereocenters. The molecule has 6 nitrogen and oxygen atoms in total. The van der Waals surface area contributed by atoms with Crippen molar-refractivity contribution in [1.29, 1.82) is 0 Å². The van der Waals surface area contributed by atoms with Gasteiger partial charge in [-0.05, 0) is 31.0 Å². The first-order chi connectivity index (χ1) is 12.4. The molecule has 1 fully saturated rings. The summed E-state index contributed by atoms with van der Waals surface area (Å²) < 4.78 is 13.0. The summed E-state index contributed by atoms with van der Waals surface area (Å²) in [6.07, 6.45) is 1.17. The number of halogens is 1. The first-order valence-corrected chi connectivity index (χ1v) is 8.72. The molecule has 0 bridgehead atoms. The number of hydrogen-bond donors (Lipinski definition) is 1. The van der Waals surface area contributed by atoms with Gasteiger partial charge in [-0.25, -0.2) is 9.37 Å². The van der Waals surface area contributed by atoms with Crippen LogP contribution in [0.3, 0.4) is 0 Å². The summed E-state index contributed by atoms with van der Waals surface area (Å²) in [5.41, 5.74) is 1.90. The lowest BCUT2D eigenvalue weighted by molar-refractivity contribution is -0.127. The predicted molar refractivity (Wildman–Crippen MR) is 99.8 cm³/mol. The van der Waals surface area contributed by atoms with Crippen molar-refractivity contribution in [2.24, 2.45) is 0 Å². The van der Waals surface area contributed by atoms with Crippen LogP contribution >= 0.6 is 0 Å². The van der Waals surface area contributed by atoms with E-state index >= 15 is 0 Å². The highest BCUT2D eigenvalue weighted by Gasteiger charge is 2.29. The summed E-state index contributed by atoms with van der Waals surface area (Å²) in [5.74, 6) is 1.26. The van der Waals surface area contributed by atoms with Gasteiger partial charge in [-0.3, -0.25) is 4.79 Å². The van der Waals surface area contributed by atoms with Crippen LogP contribution in [0.1, 0.15) is 17.7 Å². The topological polar surface area (TPSA) is 61.4 Å². The molecule has 138 valence electrons. The Bertz CT molecular complexity index is 778. The van der Waals surface area contributed by atoms with Crippen LogP contribution in [0.4, 0.5) is 16.2 Å². The third kappa shape index (κ3) is 4.47. The molecular formula is C19H24FN5O. The average molecular weight is 357 g/mol. The molecule has 7 heteroatoms. The van der Waals surface area contributed by atoms with Crippen molar-refractivity contribution in [3.05, 3.63) is 47.4 Å². The number of hydrogen-bond acceptors (Lipinski definition) is 5. The summed E-state index contributed by atoms with van der Waals surface area (Å²) in [6, 6.07) is 8.34. The molecule has 3 rings (SSSR count). The summed E-state index contributed by atoms with van der Waals surface area (Å²) >= 11 is 0. The zero-order chi connectivity index (χ0) is 18.7. The smallest absolute Gasteiger partial charge is 0.226 e. The first-order valence-electron chi connectivity index (χ1n) is 8.72. The molecule has 2 heterocycles. The Morgan fingerprint density at radius 2 is 2.00 bits per heavy atom. The zero-order valence-electron chi connectivity index (χ0n) is 15.4. The Kier molecular flexibility index (Phi) is 5.35. The number of nitrogens with zero attached hydrogens (tertiary/aromatic N) is 4. The minimum absolute atomic E-state index is 0.0278. The second-order valence-electron chi connectivity index (χ2n) is 6.85. The van der Waals surface area contributed by atoms with Crippen molar-refractivity contribution in [2.45, 2.75) is 25.8 Å². The standard InChI is InChI=1S/C19H24FN5O/c1-13-10-17(23-19(21-13)24(2)3)22-16-11-18(26)25(12-16)9-8-14-4-6-15(20)7-5-14/h4-7,10,16H,8-9,11-12H2,1-3H3,(H,21,22,23). The van der Waals surface area contributed by atoms with E-state index in [1.807, 2.05) is 36.9 Å². The number of amides is 1. The molecule has 2 aromatic rings. The third-order valence-corrected chi connectivity index (χ3v) is 4.39. The average Bonchev–Trinajstić information content (AvgIpc) is 2.93. The van der Waals surface area contributed by atoms with Crippen molar-refractivity contribution in [3.8, 4) is 0 Å². The van der Waals surface area contributed by atoms with Crippen LogP contribution in [-0.4, -0.2) is 54.0 Å².